The van der Waals surface area contributed by atoms with E-state index in [-0.39, 0.29) is 58.1 Å². The van der Waals surface area contributed by atoms with Crippen molar-refractivity contribution < 1.29 is 11.0 Å². The number of para-hydroxylation sites is 5. The summed E-state index contributed by atoms with van der Waals surface area (Å²) < 4.78 is 79.6. The van der Waals surface area contributed by atoms with Crippen LogP contribution in [0.3, 0.4) is 0 Å². The van der Waals surface area contributed by atoms with Gasteiger partial charge in [-0.25, -0.2) is 0 Å². The number of hydrogen-bond acceptors (Lipinski definition) is 3. The van der Waals surface area contributed by atoms with Crippen LogP contribution in [0.4, 0.5) is 39.8 Å². The summed E-state index contributed by atoms with van der Waals surface area (Å²) in [4.78, 5) is 7.46. The SMILES string of the molecule is [2H]c1c([2H])c([2H])c2c(c1[2H])c1c([2H])c([2H])c([2H])c([2H])c1n2-c1ccc2c(c1)N(CCc1cc(-c3ccccc3)cc(-c3ccccc3)c1)c1cc(Cn3c4ccccc4c4cc(N(c5ccccc5)c5ccccc5)ccc43)cc3c1B2c1ccc(Cc2cccc(C(C)(C)C)c2)cc1N3CCc1c(-c2ccccc2)cccc1-c1ccccc1. The van der Waals surface area contributed by atoms with Gasteiger partial charge in [-0.05, 0) is 216 Å². The summed E-state index contributed by atoms with van der Waals surface area (Å²) in [5.41, 5.74) is 29.3. The Bertz CT molecular complexity index is 6840. The smallest absolute Gasteiger partial charge is 0.252 e. The average Bonchev–Trinajstić information content (AvgIpc) is 1.14. The van der Waals surface area contributed by atoms with E-state index in [4.69, 9.17) is 2.74 Å². The Morgan fingerprint density at radius 1 is 0.339 bits per heavy atom. The molecule has 536 valence electrons. The Morgan fingerprint density at radius 2 is 0.839 bits per heavy atom. The summed E-state index contributed by atoms with van der Waals surface area (Å²) >= 11 is 0. The fourth-order valence-electron chi connectivity index (χ4n) is 17.8. The molecule has 4 heterocycles. The maximum absolute atomic E-state index is 9.82. The van der Waals surface area contributed by atoms with Crippen molar-refractivity contribution in [2.45, 2.75) is 52.0 Å². The third kappa shape index (κ3) is 12.4. The first-order valence-electron chi connectivity index (χ1n) is 43.0. The van der Waals surface area contributed by atoms with Crippen LogP contribution in [-0.2, 0) is 31.2 Å². The number of rotatable bonds is 18. The quantitative estimate of drug-likeness (QED) is 0.0799. The number of anilines is 7. The van der Waals surface area contributed by atoms with Gasteiger partial charge in [-0.3, -0.25) is 0 Å². The van der Waals surface area contributed by atoms with Crippen molar-refractivity contribution in [3.05, 3.63) is 415 Å². The van der Waals surface area contributed by atoms with Crippen molar-refractivity contribution in [1.29, 1.82) is 0 Å². The van der Waals surface area contributed by atoms with E-state index in [1.807, 2.05) is 6.07 Å². The van der Waals surface area contributed by atoms with Crippen LogP contribution in [0.15, 0.2) is 382 Å². The minimum Gasteiger partial charge on any atom is -0.342 e. The van der Waals surface area contributed by atoms with Crippen molar-refractivity contribution >= 4 is 107 Å². The van der Waals surface area contributed by atoms with Gasteiger partial charge < -0.3 is 23.8 Å². The first-order valence-corrected chi connectivity index (χ1v) is 39.0. The van der Waals surface area contributed by atoms with Crippen LogP contribution in [0.5, 0.6) is 0 Å². The number of nitrogens with zero attached hydrogens (tertiary/aromatic N) is 5. The zero-order valence-electron chi connectivity index (χ0n) is 70.8. The molecule has 0 N–H and O–H groups in total. The average molecular weight is 1450 g/mol. The molecule has 0 fully saturated rings. The molecular formula is C106H84BN5. The number of hydrogen-bond donors (Lipinski definition) is 0. The highest BCUT2D eigenvalue weighted by Gasteiger charge is 2.43. The van der Waals surface area contributed by atoms with E-state index in [0.29, 0.717) is 44.6 Å². The molecule has 0 amide bonds. The lowest BCUT2D eigenvalue weighted by molar-refractivity contribution is 0.589. The predicted octanol–water partition coefficient (Wildman–Crippen LogP) is 24.9. The minimum atomic E-state index is -0.488. The van der Waals surface area contributed by atoms with Crippen molar-refractivity contribution in [1.82, 2.24) is 9.13 Å². The molecule has 0 radical (unpaired) electrons. The lowest BCUT2D eigenvalue weighted by atomic mass is 9.33. The van der Waals surface area contributed by atoms with Gasteiger partial charge in [0, 0.05) is 97.7 Å². The first kappa shape index (κ1) is 59.5. The minimum absolute atomic E-state index is 0.0280. The van der Waals surface area contributed by atoms with Crippen LogP contribution in [0.2, 0.25) is 0 Å². The summed E-state index contributed by atoms with van der Waals surface area (Å²) in [6.07, 6.45) is 1.93. The van der Waals surface area contributed by atoms with Crippen molar-refractivity contribution in [3.8, 4) is 50.2 Å². The molecule has 0 bridgehead atoms. The molecule has 6 heteroatoms. The van der Waals surface area contributed by atoms with E-state index in [2.05, 4.69) is 368 Å². The third-order valence-corrected chi connectivity index (χ3v) is 23.0. The summed E-state index contributed by atoms with van der Waals surface area (Å²) in [5, 5.41) is 2.31. The molecular weight excluding hydrogens is 1350 g/mol. The Kier molecular flexibility index (Phi) is 15.2. The normalized spacial score (nSPS) is 13.4. The van der Waals surface area contributed by atoms with Gasteiger partial charge in [-0.2, -0.15) is 0 Å². The Hall–Kier alpha value is -13.4. The summed E-state index contributed by atoms with van der Waals surface area (Å²) in [5.74, 6) is 0. The Morgan fingerprint density at radius 3 is 1.44 bits per heavy atom. The van der Waals surface area contributed by atoms with E-state index in [9.17, 15) is 8.22 Å². The first-order chi connectivity index (χ1) is 58.5. The molecule has 2 aliphatic heterocycles. The lowest BCUT2D eigenvalue weighted by Gasteiger charge is -2.45. The fourth-order valence-corrected chi connectivity index (χ4v) is 17.8. The van der Waals surface area contributed by atoms with Gasteiger partial charge in [-0.15, -0.1) is 0 Å². The Labute approximate surface area is 668 Å². The number of benzene rings is 16. The molecule has 20 rings (SSSR count). The van der Waals surface area contributed by atoms with Gasteiger partial charge in [0.1, 0.15) is 0 Å². The molecule has 0 spiro atoms. The molecule has 16 aromatic carbocycles. The molecule has 18 aromatic rings. The van der Waals surface area contributed by atoms with Gasteiger partial charge in [0.15, 0.2) is 0 Å². The molecule has 0 atom stereocenters. The van der Waals surface area contributed by atoms with Crippen LogP contribution in [0.1, 0.15) is 65.1 Å². The van der Waals surface area contributed by atoms with Crippen molar-refractivity contribution in [3.63, 3.8) is 0 Å². The van der Waals surface area contributed by atoms with Crippen LogP contribution >= 0.6 is 0 Å². The number of fused-ring (bicyclic) bond motifs is 10. The molecule has 0 aliphatic carbocycles. The van der Waals surface area contributed by atoms with E-state index in [1.165, 1.54) is 33.4 Å². The van der Waals surface area contributed by atoms with Crippen molar-refractivity contribution in [2.24, 2.45) is 0 Å². The van der Waals surface area contributed by atoms with Gasteiger partial charge in [0.25, 0.3) is 6.71 Å². The second-order valence-corrected chi connectivity index (χ2v) is 30.9. The zero-order valence-corrected chi connectivity index (χ0v) is 62.8. The highest BCUT2D eigenvalue weighted by Crippen LogP contribution is 2.45. The molecule has 0 saturated heterocycles. The maximum atomic E-state index is 9.82. The predicted molar refractivity (Wildman–Crippen MR) is 476 cm³/mol. The second-order valence-electron chi connectivity index (χ2n) is 30.9. The highest BCUT2D eigenvalue weighted by molar-refractivity contribution is 7.00. The monoisotopic (exact) mass is 1450 g/mol. The van der Waals surface area contributed by atoms with Crippen LogP contribution in [-0.4, -0.2) is 28.9 Å². The molecule has 2 aromatic heterocycles. The largest absolute Gasteiger partial charge is 0.342 e. The Balaban J connectivity index is 0.858. The second kappa shape index (κ2) is 28.5. The van der Waals surface area contributed by atoms with Gasteiger partial charge in [-0.1, -0.05) is 306 Å². The van der Waals surface area contributed by atoms with E-state index >= 15 is 0 Å². The van der Waals surface area contributed by atoms with E-state index in [0.717, 1.165) is 123 Å². The maximum Gasteiger partial charge on any atom is 0.252 e. The fraction of sp³-hybridized carbons (Fsp3) is 0.0943. The molecule has 112 heavy (non-hydrogen) atoms. The highest BCUT2D eigenvalue weighted by atomic mass is 15.2. The molecule has 5 nitrogen and oxygen atoms in total. The van der Waals surface area contributed by atoms with Gasteiger partial charge in [0.05, 0.1) is 22.0 Å². The topological polar surface area (TPSA) is 19.6 Å². The van der Waals surface area contributed by atoms with Crippen LogP contribution < -0.4 is 31.1 Å². The molecule has 2 aliphatic rings. The van der Waals surface area contributed by atoms with Crippen LogP contribution in [0, 0.1) is 0 Å². The van der Waals surface area contributed by atoms with E-state index < -0.39 is 24.2 Å². The lowest BCUT2D eigenvalue weighted by Crippen LogP contribution is -2.62. The van der Waals surface area contributed by atoms with Gasteiger partial charge in [0.2, 0.25) is 0 Å². The summed E-state index contributed by atoms with van der Waals surface area (Å²) in [6, 6.07) is 117. The molecule has 0 saturated carbocycles. The number of aromatic nitrogens is 2. The van der Waals surface area contributed by atoms with Crippen LogP contribution in [0.25, 0.3) is 93.8 Å². The van der Waals surface area contributed by atoms with Gasteiger partial charge >= 0.3 is 0 Å². The van der Waals surface area contributed by atoms with E-state index in [1.54, 1.807) is 4.57 Å². The standard InChI is InChI=1S/C106H84BN5/c1-106(2,3)83-39-28-30-73(65-83)62-74-52-55-95-101(66-74)109(61-59-90-88(79-35-14-6-15-36-79)47-29-48-89(90)80-37-16-7-17-38-80)104-68-76(72-110-97-49-25-22-46-93(97)94-70-86(54-57-98(94)110)111(84-40-18-8-19-41-84)85-42-20-9-21-43-85)67-103-105(104)107(95)96-56-53-87(112-99-50-26-23-44-91(99)92-45-24-27-51-100(92)112)71-102(96)108(103)60-58-75-63-81(77-31-10-4-11-32-77)69-82(64-75)78-33-12-5-13-34-78/h4-57,63-71H,58-62,72H2,1-3H3/i23D,24D,26D,27D,44D,45D,50D,51D. The molecule has 0 unspecified atom stereocenters. The zero-order chi connectivity index (χ0) is 81.8. The summed E-state index contributed by atoms with van der Waals surface area (Å²) in [7, 11) is 0. The third-order valence-electron chi connectivity index (χ3n) is 23.0. The van der Waals surface area contributed by atoms with Crippen molar-refractivity contribution in [2.75, 3.05) is 27.8 Å². The summed E-state index contributed by atoms with van der Waals surface area (Å²) in [6.45, 7) is 7.96.